The summed E-state index contributed by atoms with van der Waals surface area (Å²) in [5.74, 6) is 0.202. The number of methoxy groups -OCH3 is 1. The van der Waals surface area contributed by atoms with Crippen molar-refractivity contribution >= 4 is 11.5 Å². The molecular formula is C22H26O5. The smallest absolute Gasteiger partial charge is 0.328 e. The molecule has 5 nitrogen and oxygen atoms in total. The van der Waals surface area contributed by atoms with Gasteiger partial charge in [0.15, 0.2) is 11.5 Å². The Morgan fingerprint density at radius 2 is 1.78 bits per heavy atom. The fraction of sp³-hybridized carbons (Fsp3) is 0.318. The Morgan fingerprint density at radius 1 is 1.04 bits per heavy atom. The zero-order chi connectivity index (χ0) is 19.6. The van der Waals surface area contributed by atoms with Crippen LogP contribution in [0.1, 0.15) is 30.5 Å². The molecule has 0 amide bonds. The summed E-state index contributed by atoms with van der Waals surface area (Å²) in [4.78, 5) is 11.1. The predicted molar refractivity (Wildman–Crippen MR) is 105 cm³/mol. The van der Waals surface area contributed by atoms with Crippen molar-refractivity contribution in [2.75, 3.05) is 20.3 Å². The quantitative estimate of drug-likeness (QED) is 0.498. The van der Waals surface area contributed by atoms with Gasteiger partial charge in [0.25, 0.3) is 0 Å². The minimum Gasteiger partial charge on any atom is -0.487 e. The number of rotatable bonds is 10. The zero-order valence-corrected chi connectivity index (χ0v) is 16.0. The lowest BCUT2D eigenvalue weighted by Crippen LogP contribution is -2.09. The van der Waals surface area contributed by atoms with Crippen molar-refractivity contribution in [3.05, 3.63) is 65.2 Å². The number of aryl methyl sites for hydroxylation is 1. The van der Waals surface area contributed by atoms with Gasteiger partial charge >= 0.3 is 5.97 Å². The summed E-state index contributed by atoms with van der Waals surface area (Å²) in [6.07, 6.45) is 1.95. The Morgan fingerprint density at radius 3 is 2.41 bits per heavy atom. The number of carboxylic acids is 1. The molecule has 0 aliphatic rings. The van der Waals surface area contributed by atoms with Crippen molar-refractivity contribution in [2.45, 2.75) is 26.9 Å². The van der Waals surface area contributed by atoms with Gasteiger partial charge in [0.2, 0.25) is 0 Å². The first-order chi connectivity index (χ1) is 13.1. The maximum Gasteiger partial charge on any atom is 0.328 e. The number of ether oxygens (including phenoxy) is 3. The molecule has 0 heterocycles. The largest absolute Gasteiger partial charge is 0.487 e. The van der Waals surface area contributed by atoms with Gasteiger partial charge in [-0.1, -0.05) is 49.4 Å². The molecule has 2 aromatic rings. The second-order valence-corrected chi connectivity index (χ2v) is 6.07. The van der Waals surface area contributed by atoms with Crippen LogP contribution in [0.4, 0.5) is 0 Å². The van der Waals surface area contributed by atoms with E-state index in [1.54, 1.807) is 14.0 Å². The van der Waals surface area contributed by atoms with Crippen LogP contribution in [-0.4, -0.2) is 31.4 Å². The van der Waals surface area contributed by atoms with E-state index in [1.165, 1.54) is 6.08 Å². The lowest BCUT2D eigenvalue weighted by molar-refractivity contribution is -0.131. The minimum atomic E-state index is -0.997. The highest BCUT2D eigenvalue weighted by Gasteiger charge is 2.18. The minimum absolute atomic E-state index is 0.363. The van der Waals surface area contributed by atoms with Gasteiger partial charge in [0.05, 0.1) is 6.61 Å². The summed E-state index contributed by atoms with van der Waals surface area (Å²) in [7, 11) is 1.62. The van der Waals surface area contributed by atoms with Gasteiger partial charge in [0, 0.05) is 18.7 Å². The third kappa shape index (κ3) is 5.86. The molecule has 144 valence electrons. The van der Waals surface area contributed by atoms with Crippen LogP contribution in [-0.2, 0) is 22.6 Å². The first-order valence-corrected chi connectivity index (χ1v) is 8.92. The molecule has 0 bridgehead atoms. The predicted octanol–water partition coefficient (Wildman–Crippen LogP) is 4.34. The summed E-state index contributed by atoms with van der Waals surface area (Å²) in [6.45, 7) is 5.00. The number of carbonyl (C=O) groups is 1. The highest BCUT2D eigenvalue weighted by Crippen LogP contribution is 2.39. The molecule has 0 spiro atoms. The van der Waals surface area contributed by atoms with Crippen molar-refractivity contribution in [1.82, 2.24) is 0 Å². The van der Waals surface area contributed by atoms with E-state index < -0.39 is 5.97 Å². The van der Waals surface area contributed by atoms with Crippen LogP contribution in [0.2, 0.25) is 0 Å². The van der Waals surface area contributed by atoms with Gasteiger partial charge in [-0.25, -0.2) is 4.79 Å². The number of allylic oxidation sites excluding steroid dienone is 1. The number of hydrogen-bond acceptors (Lipinski definition) is 4. The van der Waals surface area contributed by atoms with Crippen molar-refractivity contribution in [1.29, 1.82) is 0 Å². The highest BCUT2D eigenvalue weighted by atomic mass is 16.5. The molecule has 0 aliphatic heterocycles. The summed E-state index contributed by atoms with van der Waals surface area (Å²) >= 11 is 0. The van der Waals surface area contributed by atoms with E-state index in [-0.39, 0.29) is 0 Å². The van der Waals surface area contributed by atoms with E-state index >= 15 is 0 Å². The van der Waals surface area contributed by atoms with Crippen LogP contribution in [0.3, 0.4) is 0 Å². The van der Waals surface area contributed by atoms with E-state index in [0.717, 1.165) is 17.5 Å². The molecule has 0 aromatic heterocycles. The van der Waals surface area contributed by atoms with E-state index in [4.69, 9.17) is 19.3 Å². The van der Waals surface area contributed by atoms with Gasteiger partial charge in [-0.2, -0.15) is 0 Å². The van der Waals surface area contributed by atoms with E-state index in [2.05, 4.69) is 0 Å². The van der Waals surface area contributed by atoms with Gasteiger partial charge in [-0.15, -0.1) is 0 Å². The SMILES string of the molecule is CCc1ccc(/C(C)=C/C(=O)O)c(OCc2ccccc2)c1OCCOC. The molecule has 0 atom stereocenters. The van der Waals surface area contributed by atoms with Crippen molar-refractivity contribution < 1.29 is 24.1 Å². The molecule has 0 aliphatic carbocycles. The molecule has 5 heteroatoms. The van der Waals surface area contributed by atoms with Crippen LogP contribution in [0.5, 0.6) is 11.5 Å². The first kappa shape index (κ1) is 20.5. The van der Waals surface area contributed by atoms with Gasteiger partial charge in [-0.3, -0.25) is 0 Å². The monoisotopic (exact) mass is 370 g/mol. The second-order valence-electron chi connectivity index (χ2n) is 6.07. The van der Waals surface area contributed by atoms with Crippen LogP contribution in [0.15, 0.2) is 48.5 Å². The fourth-order valence-corrected chi connectivity index (χ4v) is 2.71. The summed E-state index contributed by atoms with van der Waals surface area (Å²) in [5.41, 5.74) is 3.33. The fourth-order valence-electron chi connectivity index (χ4n) is 2.71. The molecule has 0 saturated carbocycles. The summed E-state index contributed by atoms with van der Waals surface area (Å²) in [6, 6.07) is 13.7. The lowest BCUT2D eigenvalue weighted by atomic mass is 10.0. The van der Waals surface area contributed by atoms with Crippen molar-refractivity contribution in [2.24, 2.45) is 0 Å². The first-order valence-electron chi connectivity index (χ1n) is 8.92. The zero-order valence-electron chi connectivity index (χ0n) is 16.0. The normalized spacial score (nSPS) is 11.3. The Hall–Kier alpha value is -2.79. The maximum atomic E-state index is 11.1. The van der Waals surface area contributed by atoms with Gasteiger partial charge in [0.1, 0.15) is 13.2 Å². The summed E-state index contributed by atoms with van der Waals surface area (Å²) in [5, 5.41) is 9.12. The summed E-state index contributed by atoms with van der Waals surface area (Å²) < 4.78 is 17.2. The topological polar surface area (TPSA) is 65.0 Å². The highest BCUT2D eigenvalue weighted by molar-refractivity contribution is 5.91. The second kappa shape index (κ2) is 10.4. The van der Waals surface area contributed by atoms with Crippen LogP contribution in [0, 0.1) is 0 Å². The molecule has 0 radical (unpaired) electrons. The van der Waals surface area contributed by atoms with Gasteiger partial charge < -0.3 is 19.3 Å². The number of carboxylic acid groups (broad SMARTS) is 1. The molecule has 27 heavy (non-hydrogen) atoms. The molecule has 2 aromatic carbocycles. The Labute approximate surface area is 160 Å². The maximum absolute atomic E-state index is 11.1. The van der Waals surface area contributed by atoms with Crippen LogP contribution in [0.25, 0.3) is 5.57 Å². The van der Waals surface area contributed by atoms with Crippen molar-refractivity contribution in [3.8, 4) is 11.5 Å². The number of hydrogen-bond donors (Lipinski definition) is 1. The van der Waals surface area contributed by atoms with Crippen LogP contribution < -0.4 is 9.47 Å². The molecule has 0 saturated heterocycles. The van der Waals surface area contributed by atoms with E-state index in [9.17, 15) is 4.79 Å². The third-order valence-corrected chi connectivity index (χ3v) is 4.10. The van der Waals surface area contributed by atoms with Crippen molar-refractivity contribution in [3.63, 3.8) is 0 Å². The Bertz CT molecular complexity index is 781. The molecule has 1 N–H and O–H groups in total. The Kier molecular flexibility index (Phi) is 7.89. The molecule has 0 unspecified atom stereocenters. The van der Waals surface area contributed by atoms with Gasteiger partial charge in [-0.05, 0) is 30.0 Å². The number of aliphatic carboxylic acids is 1. The Balaban J connectivity index is 2.45. The van der Waals surface area contributed by atoms with Crippen LogP contribution >= 0.6 is 0 Å². The molecule has 0 fully saturated rings. The number of benzene rings is 2. The average Bonchev–Trinajstić information content (AvgIpc) is 2.66. The van der Waals surface area contributed by atoms with E-state index in [1.807, 2.05) is 49.4 Å². The average molecular weight is 370 g/mol. The molecule has 2 rings (SSSR count). The van der Waals surface area contributed by atoms with E-state index in [0.29, 0.717) is 42.5 Å². The standard InChI is InChI=1S/C22H26O5/c1-4-18-10-11-19(16(2)14-20(23)24)22(21(18)26-13-12-25-3)27-15-17-8-6-5-7-9-17/h5-11,14H,4,12-13,15H2,1-3H3,(H,23,24)/b16-14+. The lowest BCUT2D eigenvalue weighted by Gasteiger charge is -2.20. The third-order valence-electron chi connectivity index (χ3n) is 4.10. The molecular weight excluding hydrogens is 344 g/mol.